The third-order valence-electron chi connectivity index (χ3n) is 4.69. The van der Waals surface area contributed by atoms with Crippen molar-refractivity contribution in [1.29, 1.82) is 0 Å². The fraction of sp³-hybridized carbons (Fsp3) is 0.867. The number of carbonyl (C=O) groups is 2. The number of carboxylic acids is 1. The third-order valence-corrected chi connectivity index (χ3v) is 4.69. The lowest BCUT2D eigenvalue weighted by atomic mass is 9.76. The zero-order valence-corrected chi connectivity index (χ0v) is 12.2. The minimum atomic E-state index is -0.853. The third kappa shape index (κ3) is 3.32. The maximum atomic E-state index is 12.4. The molecule has 1 aliphatic carbocycles. The van der Waals surface area contributed by atoms with Gasteiger partial charge in [0.2, 0.25) is 5.91 Å². The van der Waals surface area contributed by atoms with Gasteiger partial charge in [-0.2, -0.15) is 0 Å². The van der Waals surface area contributed by atoms with Crippen molar-refractivity contribution in [2.75, 3.05) is 13.7 Å². The molecule has 2 rings (SSSR count). The smallest absolute Gasteiger partial charge is 0.326 e. The van der Waals surface area contributed by atoms with Crippen molar-refractivity contribution in [3.8, 4) is 0 Å². The van der Waals surface area contributed by atoms with Gasteiger partial charge in [-0.05, 0) is 38.0 Å². The van der Waals surface area contributed by atoms with E-state index in [0.717, 1.165) is 25.7 Å². The van der Waals surface area contributed by atoms with Crippen LogP contribution in [0.25, 0.3) is 0 Å². The van der Waals surface area contributed by atoms with Gasteiger partial charge in [0, 0.05) is 26.2 Å². The van der Waals surface area contributed by atoms with E-state index in [9.17, 15) is 14.7 Å². The molecule has 0 radical (unpaired) electrons. The summed E-state index contributed by atoms with van der Waals surface area (Å²) in [6, 6.07) is -0.474. The molecule has 3 unspecified atom stereocenters. The molecule has 1 aliphatic heterocycles. The second kappa shape index (κ2) is 7.07. The Morgan fingerprint density at radius 1 is 1.20 bits per heavy atom. The van der Waals surface area contributed by atoms with Crippen LogP contribution >= 0.6 is 0 Å². The van der Waals surface area contributed by atoms with Gasteiger partial charge >= 0.3 is 5.97 Å². The highest BCUT2D eigenvalue weighted by molar-refractivity contribution is 5.84. The first-order valence-corrected chi connectivity index (χ1v) is 7.68. The largest absolute Gasteiger partial charge is 0.480 e. The van der Waals surface area contributed by atoms with Gasteiger partial charge in [-0.15, -0.1) is 0 Å². The average molecular weight is 283 g/mol. The quantitative estimate of drug-likeness (QED) is 0.784. The molecule has 1 heterocycles. The van der Waals surface area contributed by atoms with Crippen LogP contribution in [-0.4, -0.2) is 47.7 Å². The summed E-state index contributed by atoms with van der Waals surface area (Å²) in [6.07, 6.45) is 7.02. The first-order chi connectivity index (χ1) is 9.65. The summed E-state index contributed by atoms with van der Waals surface area (Å²) >= 11 is 0. The predicted molar refractivity (Wildman–Crippen MR) is 74.4 cm³/mol. The van der Waals surface area contributed by atoms with Crippen molar-refractivity contribution >= 4 is 11.9 Å². The normalized spacial score (nSPS) is 29.9. The van der Waals surface area contributed by atoms with Gasteiger partial charge in [-0.25, -0.2) is 4.79 Å². The molecule has 114 valence electrons. The van der Waals surface area contributed by atoms with Gasteiger partial charge in [0.15, 0.2) is 0 Å². The highest BCUT2D eigenvalue weighted by Gasteiger charge is 2.43. The van der Waals surface area contributed by atoms with Crippen LogP contribution in [0, 0.1) is 5.92 Å². The Hall–Kier alpha value is -1.10. The molecule has 0 spiro atoms. The van der Waals surface area contributed by atoms with Crippen molar-refractivity contribution in [3.63, 3.8) is 0 Å². The summed E-state index contributed by atoms with van der Waals surface area (Å²) in [5.41, 5.74) is 0. The number of nitrogens with zero attached hydrogens (tertiary/aromatic N) is 1. The molecule has 2 aliphatic rings. The van der Waals surface area contributed by atoms with Crippen LogP contribution in [-0.2, 0) is 14.3 Å². The molecule has 1 saturated heterocycles. The lowest BCUT2D eigenvalue weighted by Crippen LogP contribution is -2.57. The molecule has 5 heteroatoms. The molecular formula is C15H25NO4. The highest BCUT2D eigenvalue weighted by atomic mass is 16.5. The second-order valence-electron chi connectivity index (χ2n) is 5.94. The molecule has 20 heavy (non-hydrogen) atoms. The molecule has 0 bridgehead atoms. The number of carboxylic acid groups (broad SMARTS) is 1. The van der Waals surface area contributed by atoms with Gasteiger partial charge in [-0.3, -0.25) is 4.79 Å². The van der Waals surface area contributed by atoms with Gasteiger partial charge < -0.3 is 14.7 Å². The fourth-order valence-corrected chi connectivity index (χ4v) is 3.73. The van der Waals surface area contributed by atoms with E-state index in [0.29, 0.717) is 31.8 Å². The molecular weight excluding hydrogens is 258 g/mol. The van der Waals surface area contributed by atoms with Crippen LogP contribution in [0.15, 0.2) is 0 Å². The van der Waals surface area contributed by atoms with E-state index >= 15 is 0 Å². The van der Waals surface area contributed by atoms with Crippen molar-refractivity contribution < 1.29 is 19.4 Å². The van der Waals surface area contributed by atoms with Crippen molar-refractivity contribution in [1.82, 2.24) is 4.90 Å². The molecule has 2 fully saturated rings. The minimum Gasteiger partial charge on any atom is -0.480 e. The Labute approximate surface area is 120 Å². The summed E-state index contributed by atoms with van der Waals surface area (Å²) in [7, 11) is 1.61. The Morgan fingerprint density at radius 2 is 1.95 bits per heavy atom. The number of piperidine rings is 1. The lowest BCUT2D eigenvalue weighted by Gasteiger charge is -2.47. The molecule has 1 N–H and O–H groups in total. The van der Waals surface area contributed by atoms with E-state index in [1.165, 1.54) is 6.42 Å². The number of amides is 1. The van der Waals surface area contributed by atoms with Crippen LogP contribution in [0.1, 0.15) is 51.4 Å². The molecule has 1 amide bonds. The number of rotatable bonds is 5. The number of fused-ring (bicyclic) bond motifs is 1. The van der Waals surface area contributed by atoms with Crippen molar-refractivity contribution in [2.24, 2.45) is 5.92 Å². The Kier molecular flexibility index (Phi) is 5.40. The molecule has 0 aromatic carbocycles. The van der Waals surface area contributed by atoms with Crippen LogP contribution < -0.4 is 0 Å². The number of hydrogen-bond donors (Lipinski definition) is 1. The van der Waals surface area contributed by atoms with Gasteiger partial charge in [-0.1, -0.05) is 12.8 Å². The van der Waals surface area contributed by atoms with E-state index in [2.05, 4.69) is 0 Å². The van der Waals surface area contributed by atoms with Gasteiger partial charge in [0.1, 0.15) is 6.04 Å². The van der Waals surface area contributed by atoms with Crippen LogP contribution in [0.3, 0.4) is 0 Å². The van der Waals surface area contributed by atoms with E-state index in [4.69, 9.17) is 4.74 Å². The van der Waals surface area contributed by atoms with E-state index in [1.807, 2.05) is 0 Å². The molecule has 0 aromatic rings. The van der Waals surface area contributed by atoms with Crippen LogP contribution in [0.2, 0.25) is 0 Å². The van der Waals surface area contributed by atoms with E-state index in [1.54, 1.807) is 12.0 Å². The predicted octanol–water partition coefficient (Wildman–Crippen LogP) is 2.05. The fourth-order valence-electron chi connectivity index (χ4n) is 3.73. The number of carbonyl (C=O) groups excluding carboxylic acids is 1. The second-order valence-corrected chi connectivity index (χ2v) is 5.94. The van der Waals surface area contributed by atoms with Crippen LogP contribution in [0.4, 0.5) is 0 Å². The Bertz CT molecular complexity index is 358. The maximum absolute atomic E-state index is 12.4. The first-order valence-electron chi connectivity index (χ1n) is 7.68. The average Bonchev–Trinajstić information content (AvgIpc) is 2.46. The summed E-state index contributed by atoms with van der Waals surface area (Å²) < 4.78 is 4.97. The highest BCUT2D eigenvalue weighted by Crippen LogP contribution is 2.38. The summed E-state index contributed by atoms with van der Waals surface area (Å²) in [5.74, 6) is -0.356. The number of aliphatic carboxylic acids is 1. The topological polar surface area (TPSA) is 66.8 Å². The minimum absolute atomic E-state index is 0.00829. The summed E-state index contributed by atoms with van der Waals surface area (Å²) in [4.78, 5) is 25.6. The molecule has 0 aromatic heterocycles. The number of methoxy groups -OCH3 is 1. The lowest BCUT2D eigenvalue weighted by molar-refractivity contribution is -0.158. The van der Waals surface area contributed by atoms with E-state index in [-0.39, 0.29) is 11.9 Å². The number of ether oxygens (including phenoxy) is 1. The number of likely N-dealkylation sites (tertiary alicyclic amines) is 1. The van der Waals surface area contributed by atoms with Crippen LogP contribution in [0.5, 0.6) is 0 Å². The van der Waals surface area contributed by atoms with Crippen molar-refractivity contribution in [3.05, 3.63) is 0 Å². The number of hydrogen-bond acceptors (Lipinski definition) is 3. The SMILES string of the molecule is COCCCC(=O)N1C(C(=O)O)CCC2CCCCC21. The molecule has 3 atom stereocenters. The monoisotopic (exact) mass is 283 g/mol. The first kappa shape index (κ1) is 15.3. The van der Waals surface area contributed by atoms with Gasteiger partial charge in [0.25, 0.3) is 0 Å². The zero-order valence-electron chi connectivity index (χ0n) is 12.2. The standard InChI is InChI=1S/C15H25NO4/c1-20-10-4-7-14(17)16-12-6-3-2-5-11(12)8-9-13(16)15(18)19/h11-13H,2-10H2,1H3,(H,18,19). The molecule has 1 saturated carbocycles. The van der Waals surface area contributed by atoms with Crippen molar-refractivity contribution in [2.45, 2.75) is 63.5 Å². The maximum Gasteiger partial charge on any atom is 0.326 e. The summed E-state index contributed by atoms with van der Waals surface area (Å²) in [6.45, 7) is 0.547. The molecule has 5 nitrogen and oxygen atoms in total. The zero-order chi connectivity index (χ0) is 14.5. The Balaban J connectivity index is 2.08. The van der Waals surface area contributed by atoms with E-state index < -0.39 is 12.0 Å². The van der Waals surface area contributed by atoms with Gasteiger partial charge in [0.05, 0.1) is 0 Å². The Morgan fingerprint density at radius 3 is 2.65 bits per heavy atom. The summed E-state index contributed by atoms with van der Waals surface area (Å²) in [5, 5.41) is 9.40.